The second-order valence-electron chi connectivity index (χ2n) is 5.49. The molecule has 1 heterocycles. The number of carbonyl (C=O) groups excluding carboxylic acids is 2. The quantitative estimate of drug-likeness (QED) is 0.835. The molecule has 110 valence electrons. The van der Waals surface area contributed by atoms with Gasteiger partial charge in [-0.3, -0.25) is 4.79 Å². The number of ether oxygens (including phenoxy) is 1. The molecule has 0 aromatic carbocycles. The Morgan fingerprint density at radius 3 is 2.50 bits per heavy atom. The van der Waals surface area contributed by atoms with Gasteiger partial charge in [-0.25, -0.2) is 4.79 Å². The normalized spacial score (nSPS) is 17.4. The van der Waals surface area contributed by atoms with Crippen molar-refractivity contribution in [1.82, 2.24) is 0 Å². The summed E-state index contributed by atoms with van der Waals surface area (Å²) in [5.41, 5.74) is 6.46. The molecule has 1 amide bonds. The molecule has 1 atom stereocenters. The van der Waals surface area contributed by atoms with Gasteiger partial charge in [0.15, 0.2) is 0 Å². The van der Waals surface area contributed by atoms with Crippen LogP contribution in [0, 0.1) is 19.8 Å². The van der Waals surface area contributed by atoms with E-state index in [-0.39, 0.29) is 11.8 Å². The van der Waals surface area contributed by atoms with Gasteiger partial charge in [-0.2, -0.15) is 0 Å². The first kappa shape index (κ1) is 15.0. The van der Waals surface area contributed by atoms with E-state index in [4.69, 9.17) is 10.5 Å². The van der Waals surface area contributed by atoms with E-state index < -0.39 is 11.5 Å². The number of rotatable bonds is 4. The molecule has 1 fully saturated rings. The van der Waals surface area contributed by atoms with E-state index in [1.165, 1.54) is 18.4 Å². The predicted molar refractivity (Wildman–Crippen MR) is 79.1 cm³/mol. The second-order valence-corrected chi connectivity index (χ2v) is 6.71. The molecule has 0 bridgehead atoms. The van der Waals surface area contributed by atoms with Crippen molar-refractivity contribution in [3.05, 3.63) is 16.0 Å². The summed E-state index contributed by atoms with van der Waals surface area (Å²) in [6.45, 7) is 5.49. The highest BCUT2D eigenvalue weighted by Crippen LogP contribution is 2.40. The van der Waals surface area contributed by atoms with E-state index in [0.29, 0.717) is 10.6 Å². The van der Waals surface area contributed by atoms with Crippen LogP contribution in [-0.2, 0) is 9.53 Å². The van der Waals surface area contributed by atoms with Gasteiger partial charge in [0.25, 0.3) is 0 Å². The average Bonchev–Trinajstić information content (AvgIpc) is 3.19. The lowest BCUT2D eigenvalue weighted by molar-refractivity contribution is -0.121. The van der Waals surface area contributed by atoms with Gasteiger partial charge in [0.05, 0.1) is 18.2 Å². The van der Waals surface area contributed by atoms with Gasteiger partial charge in [0.2, 0.25) is 5.91 Å². The van der Waals surface area contributed by atoms with Crippen LogP contribution >= 0.6 is 11.3 Å². The summed E-state index contributed by atoms with van der Waals surface area (Å²) in [6.07, 6.45) is 1.96. The number of aryl methyl sites for hydroxylation is 1. The van der Waals surface area contributed by atoms with Crippen LogP contribution in [0.25, 0.3) is 0 Å². The van der Waals surface area contributed by atoms with Gasteiger partial charge in [-0.1, -0.05) is 0 Å². The fourth-order valence-corrected chi connectivity index (χ4v) is 3.21. The fraction of sp³-hybridized carbons (Fsp3) is 0.571. The van der Waals surface area contributed by atoms with Crippen LogP contribution < -0.4 is 11.1 Å². The first-order chi connectivity index (χ1) is 9.28. The Hall–Kier alpha value is -1.40. The predicted octanol–water partition coefficient (Wildman–Crippen LogP) is 2.22. The summed E-state index contributed by atoms with van der Waals surface area (Å²) in [6, 6.07) is 0. The summed E-state index contributed by atoms with van der Waals surface area (Å²) in [4.78, 5) is 25.1. The monoisotopic (exact) mass is 296 g/mol. The summed E-state index contributed by atoms with van der Waals surface area (Å²) in [7, 11) is 1.33. The maximum Gasteiger partial charge on any atom is 0.341 e. The molecule has 20 heavy (non-hydrogen) atoms. The number of carbonyl (C=O) groups is 2. The minimum Gasteiger partial charge on any atom is -0.465 e. The standard InChI is InChI=1S/C14H20N2O3S/c1-7-8(2)20-11(10(7)12(17)19-4)16-13(18)14(3,15)9-5-6-9/h9H,5-6,15H2,1-4H3,(H,16,18). The highest BCUT2D eigenvalue weighted by molar-refractivity contribution is 7.16. The van der Waals surface area contributed by atoms with Crippen LogP contribution in [0.5, 0.6) is 0 Å². The Morgan fingerprint density at radius 2 is 2.00 bits per heavy atom. The van der Waals surface area contributed by atoms with E-state index in [1.54, 1.807) is 6.92 Å². The number of thiophene rings is 1. The zero-order valence-corrected chi connectivity index (χ0v) is 13.0. The van der Waals surface area contributed by atoms with E-state index in [2.05, 4.69) is 5.32 Å². The molecule has 3 N–H and O–H groups in total. The summed E-state index contributed by atoms with van der Waals surface area (Å²) >= 11 is 1.37. The number of hydrogen-bond acceptors (Lipinski definition) is 5. The molecule has 6 heteroatoms. The number of nitrogens with one attached hydrogen (secondary N) is 1. The molecule has 1 aliphatic carbocycles. The molecule has 5 nitrogen and oxygen atoms in total. The van der Waals surface area contributed by atoms with Crippen molar-refractivity contribution in [3.8, 4) is 0 Å². The summed E-state index contributed by atoms with van der Waals surface area (Å²) < 4.78 is 4.78. The largest absolute Gasteiger partial charge is 0.465 e. The van der Waals surface area contributed by atoms with E-state index >= 15 is 0 Å². The third-order valence-electron chi connectivity index (χ3n) is 3.92. The van der Waals surface area contributed by atoms with E-state index in [1.807, 2.05) is 13.8 Å². The Morgan fingerprint density at radius 1 is 1.40 bits per heavy atom. The van der Waals surface area contributed by atoms with Crippen molar-refractivity contribution in [1.29, 1.82) is 0 Å². The Balaban J connectivity index is 2.27. The smallest absolute Gasteiger partial charge is 0.341 e. The first-order valence-electron chi connectivity index (χ1n) is 6.57. The third kappa shape index (κ3) is 2.58. The summed E-state index contributed by atoms with van der Waals surface area (Å²) in [5.74, 6) is -0.454. The van der Waals surface area contributed by atoms with Crippen LogP contribution in [0.15, 0.2) is 0 Å². The Kier molecular flexibility index (Phi) is 3.88. The minimum atomic E-state index is -0.890. The fourth-order valence-electron chi connectivity index (χ4n) is 2.17. The van der Waals surface area contributed by atoms with Gasteiger partial charge in [-0.15, -0.1) is 11.3 Å². The lowest BCUT2D eigenvalue weighted by Gasteiger charge is -2.22. The van der Waals surface area contributed by atoms with Crippen molar-refractivity contribution in [2.24, 2.45) is 11.7 Å². The third-order valence-corrected chi connectivity index (χ3v) is 5.04. The maximum atomic E-state index is 12.3. The lowest BCUT2D eigenvalue weighted by Crippen LogP contribution is -2.50. The molecule has 2 rings (SSSR count). The Bertz CT molecular complexity index is 559. The van der Waals surface area contributed by atoms with E-state index in [0.717, 1.165) is 23.3 Å². The Labute approximate surface area is 122 Å². The number of hydrogen-bond donors (Lipinski definition) is 2. The van der Waals surface area contributed by atoms with Crippen LogP contribution in [0.2, 0.25) is 0 Å². The van der Waals surface area contributed by atoms with E-state index in [9.17, 15) is 9.59 Å². The maximum absolute atomic E-state index is 12.3. The number of anilines is 1. The second kappa shape index (κ2) is 5.18. The van der Waals surface area contributed by atoms with Crippen LogP contribution in [0.4, 0.5) is 5.00 Å². The van der Waals surface area contributed by atoms with Gasteiger partial charge in [0.1, 0.15) is 5.00 Å². The van der Waals surface area contributed by atoms with Gasteiger partial charge in [0, 0.05) is 4.88 Å². The topological polar surface area (TPSA) is 81.4 Å². The molecule has 1 aromatic rings. The van der Waals surface area contributed by atoms with Gasteiger partial charge < -0.3 is 15.8 Å². The first-order valence-corrected chi connectivity index (χ1v) is 7.39. The highest BCUT2D eigenvalue weighted by Gasteiger charge is 2.44. The number of esters is 1. The van der Waals surface area contributed by atoms with Crippen LogP contribution in [0.3, 0.4) is 0 Å². The van der Waals surface area contributed by atoms with Gasteiger partial charge in [-0.05, 0) is 45.1 Å². The molecule has 1 aromatic heterocycles. The van der Waals surface area contributed by atoms with Crippen molar-refractivity contribution in [3.63, 3.8) is 0 Å². The molecule has 1 aliphatic rings. The lowest BCUT2D eigenvalue weighted by atomic mass is 9.96. The zero-order chi connectivity index (χ0) is 15.1. The molecule has 1 unspecified atom stereocenters. The van der Waals surface area contributed by atoms with Crippen LogP contribution in [-0.4, -0.2) is 24.5 Å². The molecule has 1 saturated carbocycles. The van der Waals surface area contributed by atoms with Crippen molar-refractivity contribution in [2.45, 2.75) is 39.2 Å². The van der Waals surface area contributed by atoms with Crippen molar-refractivity contribution >= 4 is 28.2 Å². The van der Waals surface area contributed by atoms with Crippen molar-refractivity contribution < 1.29 is 14.3 Å². The molecule has 0 aliphatic heterocycles. The summed E-state index contributed by atoms with van der Waals surface area (Å²) in [5, 5.41) is 3.33. The number of methoxy groups -OCH3 is 1. The SMILES string of the molecule is COC(=O)c1c(NC(=O)C(C)(N)C2CC2)sc(C)c1C. The average molecular weight is 296 g/mol. The highest BCUT2D eigenvalue weighted by atomic mass is 32.1. The van der Waals surface area contributed by atoms with Crippen molar-refractivity contribution in [2.75, 3.05) is 12.4 Å². The molecule has 0 saturated heterocycles. The molecule has 0 spiro atoms. The molecular weight excluding hydrogens is 276 g/mol. The number of nitrogens with two attached hydrogens (primary N) is 1. The molecule has 0 radical (unpaired) electrons. The minimum absolute atomic E-state index is 0.228. The number of amides is 1. The zero-order valence-electron chi connectivity index (χ0n) is 12.2. The van der Waals surface area contributed by atoms with Crippen LogP contribution in [0.1, 0.15) is 40.6 Å². The van der Waals surface area contributed by atoms with Gasteiger partial charge >= 0.3 is 5.97 Å². The molecular formula is C14H20N2O3S.